The second-order valence-corrected chi connectivity index (χ2v) is 5.16. The summed E-state index contributed by atoms with van der Waals surface area (Å²) in [7, 11) is 0. The van der Waals surface area contributed by atoms with Crippen molar-refractivity contribution in [1.29, 1.82) is 0 Å². The van der Waals surface area contributed by atoms with Crippen LogP contribution in [0.4, 0.5) is 23.2 Å². The first-order chi connectivity index (χ1) is 9.90. The summed E-state index contributed by atoms with van der Waals surface area (Å²) in [5.74, 6) is -0.706. The molecule has 21 heavy (non-hydrogen) atoms. The molecule has 0 unspecified atom stereocenters. The summed E-state index contributed by atoms with van der Waals surface area (Å²) in [4.78, 5) is 0.846. The van der Waals surface area contributed by atoms with Gasteiger partial charge in [0.15, 0.2) is 0 Å². The summed E-state index contributed by atoms with van der Waals surface area (Å²) in [5, 5.41) is 12.1. The molecule has 0 radical (unpaired) electrons. The zero-order valence-corrected chi connectivity index (χ0v) is 11.5. The van der Waals surface area contributed by atoms with Gasteiger partial charge in [-0.3, -0.25) is 0 Å². The molecule has 118 valence electrons. The van der Waals surface area contributed by atoms with Crippen molar-refractivity contribution >= 4 is 5.69 Å². The van der Waals surface area contributed by atoms with Crippen molar-refractivity contribution < 1.29 is 22.7 Å². The van der Waals surface area contributed by atoms with Crippen molar-refractivity contribution in [2.24, 2.45) is 0 Å². The van der Waals surface area contributed by atoms with Gasteiger partial charge in [-0.2, -0.15) is 13.2 Å². The summed E-state index contributed by atoms with van der Waals surface area (Å²) in [5.41, 5.74) is 0.386. The summed E-state index contributed by atoms with van der Waals surface area (Å²) in [6, 6.07) is 4.59. The highest BCUT2D eigenvalue weighted by atomic mass is 19.4. The average molecular weight is 306 g/mol. The van der Waals surface area contributed by atoms with E-state index in [4.69, 9.17) is 5.11 Å². The van der Waals surface area contributed by atoms with Crippen LogP contribution in [0, 0.1) is 5.82 Å². The Labute approximate surface area is 120 Å². The number of halogens is 4. The molecule has 1 aromatic rings. The largest absolute Gasteiger partial charge is 0.405 e. The Balaban J connectivity index is 2.23. The lowest BCUT2D eigenvalue weighted by Gasteiger charge is -2.28. The number of nitrogens with zero attached hydrogens (tertiary/aromatic N) is 1. The Hall–Kier alpha value is -1.34. The fourth-order valence-electron chi connectivity index (χ4n) is 2.21. The third kappa shape index (κ3) is 4.86. The Morgan fingerprint density at radius 2 is 2.00 bits per heavy atom. The maximum absolute atomic E-state index is 14.0. The van der Waals surface area contributed by atoms with Crippen LogP contribution in [0.2, 0.25) is 0 Å². The van der Waals surface area contributed by atoms with Crippen molar-refractivity contribution in [3.05, 3.63) is 29.6 Å². The molecule has 0 bridgehead atoms. The maximum atomic E-state index is 14.0. The molecule has 2 N–H and O–H groups in total. The molecule has 1 fully saturated rings. The van der Waals surface area contributed by atoms with Gasteiger partial charge in [-0.15, -0.1) is 0 Å². The maximum Gasteiger partial charge on any atom is 0.405 e. The molecule has 0 atom stereocenters. The van der Waals surface area contributed by atoms with Gasteiger partial charge in [0.05, 0.1) is 12.3 Å². The molecular weight excluding hydrogens is 288 g/mol. The van der Waals surface area contributed by atoms with E-state index in [2.05, 4.69) is 5.32 Å². The second kappa shape index (κ2) is 6.62. The highest BCUT2D eigenvalue weighted by Gasteiger charge is 2.32. The molecule has 0 aromatic heterocycles. The third-order valence-electron chi connectivity index (χ3n) is 3.29. The molecular formula is C14H18F4N2O. The number of anilines is 1. The van der Waals surface area contributed by atoms with E-state index in [1.54, 1.807) is 6.07 Å². The third-order valence-corrected chi connectivity index (χ3v) is 3.29. The minimum absolute atomic E-state index is 0.0861. The van der Waals surface area contributed by atoms with E-state index in [1.165, 1.54) is 6.07 Å². The lowest BCUT2D eigenvalue weighted by molar-refractivity contribution is -0.119. The van der Waals surface area contributed by atoms with Crippen molar-refractivity contribution in [3.8, 4) is 0 Å². The number of hydrogen-bond donors (Lipinski definition) is 2. The lowest BCUT2D eigenvalue weighted by Crippen LogP contribution is -2.37. The first-order valence-corrected chi connectivity index (χ1v) is 6.84. The Kier molecular flexibility index (Phi) is 5.05. The molecule has 0 aliphatic heterocycles. The van der Waals surface area contributed by atoms with Crippen molar-refractivity contribution in [2.45, 2.75) is 31.6 Å². The highest BCUT2D eigenvalue weighted by Crippen LogP contribution is 2.29. The molecule has 0 spiro atoms. The fourth-order valence-corrected chi connectivity index (χ4v) is 2.21. The minimum Gasteiger partial charge on any atom is -0.395 e. The second-order valence-electron chi connectivity index (χ2n) is 5.16. The molecule has 7 heteroatoms. The zero-order chi connectivity index (χ0) is 15.5. The van der Waals surface area contributed by atoms with Gasteiger partial charge in [0.1, 0.15) is 12.4 Å². The van der Waals surface area contributed by atoms with E-state index in [-0.39, 0.29) is 12.2 Å². The van der Waals surface area contributed by atoms with Crippen molar-refractivity contribution in [1.82, 2.24) is 5.32 Å². The van der Waals surface area contributed by atoms with Crippen molar-refractivity contribution in [2.75, 3.05) is 24.6 Å². The molecule has 2 rings (SSSR count). The fraction of sp³-hybridized carbons (Fsp3) is 0.571. The highest BCUT2D eigenvalue weighted by molar-refractivity contribution is 5.55. The quantitative estimate of drug-likeness (QED) is 0.760. The molecule has 1 aromatic carbocycles. The van der Waals surface area contributed by atoms with Crippen LogP contribution >= 0.6 is 0 Å². The normalized spacial score (nSPS) is 15.3. The summed E-state index contributed by atoms with van der Waals surface area (Å²) < 4.78 is 51.9. The number of rotatable bonds is 7. The van der Waals surface area contributed by atoms with Gasteiger partial charge in [-0.25, -0.2) is 4.39 Å². The number of aliphatic hydroxyl groups excluding tert-OH is 1. The Morgan fingerprint density at radius 1 is 1.29 bits per heavy atom. The smallest absolute Gasteiger partial charge is 0.395 e. The number of hydrogen-bond acceptors (Lipinski definition) is 3. The van der Waals surface area contributed by atoms with Crippen molar-refractivity contribution in [3.63, 3.8) is 0 Å². The molecule has 0 amide bonds. The van der Waals surface area contributed by atoms with E-state index in [0.717, 1.165) is 23.8 Å². The lowest BCUT2D eigenvalue weighted by atomic mass is 10.1. The number of para-hydroxylation sites is 1. The predicted molar refractivity (Wildman–Crippen MR) is 71.6 cm³/mol. The molecule has 0 saturated heterocycles. The molecule has 0 heterocycles. The molecule has 3 nitrogen and oxygen atoms in total. The van der Waals surface area contributed by atoms with Crippen LogP contribution in [-0.4, -0.2) is 37.0 Å². The van der Waals surface area contributed by atoms with Crippen LogP contribution in [0.1, 0.15) is 18.4 Å². The van der Waals surface area contributed by atoms with Crippen LogP contribution in [0.25, 0.3) is 0 Å². The van der Waals surface area contributed by atoms with Gasteiger partial charge in [0, 0.05) is 19.1 Å². The Bertz CT molecular complexity index is 475. The zero-order valence-electron chi connectivity index (χ0n) is 11.5. The van der Waals surface area contributed by atoms with E-state index < -0.39 is 25.1 Å². The van der Waals surface area contributed by atoms with Gasteiger partial charge in [0.2, 0.25) is 0 Å². The monoisotopic (exact) mass is 306 g/mol. The van der Waals surface area contributed by atoms with Crippen LogP contribution in [-0.2, 0) is 6.54 Å². The summed E-state index contributed by atoms with van der Waals surface area (Å²) in [6.07, 6.45) is -2.39. The van der Waals surface area contributed by atoms with Gasteiger partial charge >= 0.3 is 6.18 Å². The van der Waals surface area contributed by atoms with Gasteiger partial charge < -0.3 is 15.3 Å². The minimum atomic E-state index is -4.46. The van der Waals surface area contributed by atoms with Crippen LogP contribution < -0.4 is 10.2 Å². The number of benzene rings is 1. The Morgan fingerprint density at radius 3 is 2.57 bits per heavy atom. The van der Waals surface area contributed by atoms with Gasteiger partial charge in [0.25, 0.3) is 0 Å². The number of aliphatic hydroxyl groups is 1. The topological polar surface area (TPSA) is 35.5 Å². The van der Waals surface area contributed by atoms with E-state index in [0.29, 0.717) is 18.2 Å². The molecule has 1 aliphatic carbocycles. The standard InChI is InChI=1S/C14H18F4N2O/c15-12-3-1-2-10(8-19-11-4-5-11)13(12)20(6-7-21)9-14(16,17)18/h1-3,11,19,21H,4-9H2. The van der Waals surface area contributed by atoms with Gasteiger partial charge in [-0.05, 0) is 24.5 Å². The van der Waals surface area contributed by atoms with Gasteiger partial charge in [-0.1, -0.05) is 12.1 Å². The first-order valence-electron chi connectivity index (χ1n) is 6.84. The number of nitrogens with one attached hydrogen (secondary N) is 1. The van der Waals surface area contributed by atoms with Crippen LogP contribution in [0.5, 0.6) is 0 Å². The van der Waals surface area contributed by atoms with Crippen LogP contribution in [0.15, 0.2) is 18.2 Å². The summed E-state index contributed by atoms with van der Waals surface area (Å²) in [6.45, 7) is -1.71. The van der Waals surface area contributed by atoms with E-state index >= 15 is 0 Å². The van der Waals surface area contributed by atoms with E-state index in [1.807, 2.05) is 0 Å². The summed E-state index contributed by atoms with van der Waals surface area (Å²) >= 11 is 0. The van der Waals surface area contributed by atoms with E-state index in [9.17, 15) is 17.6 Å². The predicted octanol–water partition coefficient (Wildman–Crippen LogP) is 2.44. The average Bonchev–Trinajstić information content (AvgIpc) is 3.18. The molecule has 1 aliphatic rings. The van der Waals surface area contributed by atoms with Crippen LogP contribution in [0.3, 0.4) is 0 Å². The first kappa shape index (κ1) is 16.0. The molecule has 1 saturated carbocycles. The SMILES string of the molecule is OCCN(CC(F)(F)F)c1c(F)cccc1CNC1CC1. The number of alkyl halides is 3.